The van der Waals surface area contributed by atoms with E-state index in [1.54, 1.807) is 39.0 Å². The number of hydrogen-bond donors (Lipinski definition) is 1. The number of nitrogens with one attached hydrogen (secondary N) is 1. The summed E-state index contributed by atoms with van der Waals surface area (Å²) in [5, 5.41) is 3.78. The molecule has 2 amide bonds. The van der Waals surface area contributed by atoms with Gasteiger partial charge in [-0.15, -0.1) is 0 Å². The number of carbonyl (C=O) groups excluding carboxylic acids is 2. The normalized spacial score (nSPS) is 20.3. The largest absolute Gasteiger partial charge is 0.443 e. The van der Waals surface area contributed by atoms with Gasteiger partial charge in [-0.05, 0) is 96.0 Å². The highest BCUT2D eigenvalue weighted by molar-refractivity contribution is 6.12. The maximum atomic E-state index is 14.3. The molecule has 0 unspecified atom stereocenters. The maximum Gasteiger partial charge on any atom is 0.417 e. The molecule has 1 aliphatic carbocycles. The van der Waals surface area contributed by atoms with Gasteiger partial charge in [0, 0.05) is 67.5 Å². The van der Waals surface area contributed by atoms with Gasteiger partial charge in [0.05, 0.1) is 35.4 Å². The summed E-state index contributed by atoms with van der Waals surface area (Å²) in [5.74, 6) is -0.527. The second kappa shape index (κ2) is 12.0. The number of rotatable bonds is 6. The zero-order valence-corrected chi connectivity index (χ0v) is 26.6. The molecule has 1 fully saturated rings. The fourth-order valence-electron chi connectivity index (χ4n) is 6.97. The van der Waals surface area contributed by atoms with Crippen molar-refractivity contribution in [3.05, 3.63) is 64.2 Å². The predicted molar refractivity (Wildman–Crippen MR) is 180 cm³/mol. The average molecular weight is 647 g/mol. The zero-order valence-electron chi connectivity index (χ0n) is 35.6. The topological polar surface area (TPSA) is 115 Å². The molecule has 0 saturated carbocycles. The second-order valence-corrected chi connectivity index (χ2v) is 13.2. The molecule has 11 nitrogen and oxygen atoms in total. The van der Waals surface area contributed by atoms with Crippen LogP contribution in [-0.4, -0.2) is 74.1 Å². The number of ether oxygens (including phenoxy) is 2. The van der Waals surface area contributed by atoms with E-state index in [0.717, 1.165) is 16.9 Å². The number of amides is 2. The highest BCUT2D eigenvalue weighted by Gasteiger charge is 2.40. The number of hydrogen-bond acceptors (Lipinski definition) is 9. The summed E-state index contributed by atoms with van der Waals surface area (Å²) in [6.45, 7) is -3.05. The minimum atomic E-state index is -2.95. The highest BCUT2D eigenvalue weighted by atomic mass is 16.6. The lowest BCUT2D eigenvalue weighted by Gasteiger charge is -2.25. The maximum absolute atomic E-state index is 14.3. The van der Waals surface area contributed by atoms with Gasteiger partial charge in [-0.1, -0.05) is 6.07 Å². The van der Waals surface area contributed by atoms with Crippen LogP contribution in [0, 0.1) is 0 Å². The van der Waals surface area contributed by atoms with Gasteiger partial charge in [-0.25, -0.2) is 19.7 Å². The van der Waals surface area contributed by atoms with E-state index in [0.29, 0.717) is 77.3 Å². The van der Waals surface area contributed by atoms with Crippen LogP contribution in [0.5, 0.6) is 0 Å². The fourth-order valence-corrected chi connectivity index (χ4v) is 6.97. The van der Waals surface area contributed by atoms with E-state index in [-0.39, 0.29) is 40.9 Å². The lowest BCUT2D eigenvalue weighted by molar-refractivity contribution is 0.0248. The van der Waals surface area contributed by atoms with Gasteiger partial charge in [-0.3, -0.25) is 9.78 Å². The molecule has 1 N–H and O–H groups in total. The number of imide groups is 1. The van der Waals surface area contributed by atoms with Crippen molar-refractivity contribution in [2.45, 2.75) is 77.5 Å². The van der Waals surface area contributed by atoms with Crippen LogP contribution in [0.2, 0.25) is 0 Å². The molecular formula is C36H43N7O4. The van der Waals surface area contributed by atoms with E-state index in [9.17, 15) is 9.59 Å². The summed E-state index contributed by atoms with van der Waals surface area (Å²) in [7, 11) is 0. The number of nitrogens with zero attached hydrogens (tertiary/aromatic N) is 6. The van der Waals surface area contributed by atoms with Crippen LogP contribution in [-0.2, 0) is 42.4 Å². The summed E-state index contributed by atoms with van der Waals surface area (Å²) < 4.78 is 85.2. The van der Waals surface area contributed by atoms with E-state index < -0.39 is 45.1 Å². The van der Waals surface area contributed by atoms with Crippen LogP contribution in [0.4, 0.5) is 16.3 Å². The van der Waals surface area contributed by atoms with Crippen molar-refractivity contribution in [1.29, 1.82) is 0 Å². The van der Waals surface area contributed by atoms with Crippen LogP contribution in [0.1, 0.15) is 96.7 Å². The molecular weight excluding hydrogens is 594 g/mol. The molecule has 0 spiro atoms. The molecule has 6 heterocycles. The first kappa shape index (κ1) is 22.3. The van der Waals surface area contributed by atoms with Crippen LogP contribution in [0.15, 0.2) is 30.6 Å². The third-order valence-electron chi connectivity index (χ3n) is 8.97. The first-order chi connectivity index (χ1) is 26.1. The molecule has 3 aliphatic rings. The Morgan fingerprint density at radius 2 is 1.98 bits per heavy atom. The first-order valence-electron chi connectivity index (χ1n) is 20.3. The summed E-state index contributed by atoms with van der Waals surface area (Å²) in [6, 6.07) is 5.17. The Hall–Kier alpha value is -4.35. The third kappa shape index (κ3) is 5.76. The third-order valence-corrected chi connectivity index (χ3v) is 8.97. The number of aromatic nitrogens is 4. The van der Waals surface area contributed by atoms with Gasteiger partial charge in [0.25, 0.3) is 5.91 Å². The molecule has 2 aliphatic heterocycles. The molecule has 0 aromatic carbocycles. The molecule has 246 valence electrons. The van der Waals surface area contributed by atoms with E-state index >= 15 is 0 Å². The van der Waals surface area contributed by atoms with Gasteiger partial charge >= 0.3 is 6.09 Å². The summed E-state index contributed by atoms with van der Waals surface area (Å²) in [6.07, 6.45) is 5.33. The summed E-state index contributed by atoms with van der Waals surface area (Å²) in [4.78, 5) is 43.3. The van der Waals surface area contributed by atoms with Gasteiger partial charge in [0.15, 0.2) is 0 Å². The predicted octanol–water partition coefficient (Wildman–Crippen LogP) is 6.11. The number of aryl methyl sites for hydroxylation is 2. The Balaban J connectivity index is 1.36. The van der Waals surface area contributed by atoms with E-state index in [1.165, 1.54) is 17.0 Å². The Kier molecular flexibility index (Phi) is 5.70. The van der Waals surface area contributed by atoms with Crippen LogP contribution >= 0.6 is 0 Å². The van der Waals surface area contributed by atoms with Crippen molar-refractivity contribution in [1.82, 2.24) is 29.3 Å². The van der Waals surface area contributed by atoms with E-state index in [2.05, 4.69) is 10.3 Å². The van der Waals surface area contributed by atoms with Crippen molar-refractivity contribution >= 4 is 34.5 Å². The average Bonchev–Trinajstić information content (AvgIpc) is 3.78. The minimum Gasteiger partial charge on any atom is -0.443 e. The standard InChI is InChI=1S/C36H43N7O4/c1-36(2,3)47-35(45)43-19-25-31(34(43)44)26(39-29-11-10-22(21-13-16-46-17-14-21)27(40-29)20-41(4)5)18-38-32(25)24-12-15-37-33-30(24)23-8-7-9-28(23)42(33)6/h10-12,15,18,21H,7-9,13-14,16-17,19-20H2,1-6H3,(H,39,40)/i4D3,5D3,6D3. The van der Waals surface area contributed by atoms with Crippen LogP contribution in [0.25, 0.3) is 22.3 Å². The van der Waals surface area contributed by atoms with E-state index in [1.807, 2.05) is 0 Å². The second-order valence-electron chi connectivity index (χ2n) is 13.2. The van der Waals surface area contributed by atoms with Gasteiger partial charge < -0.3 is 24.3 Å². The van der Waals surface area contributed by atoms with Gasteiger partial charge in [-0.2, -0.15) is 0 Å². The molecule has 7 rings (SSSR count). The molecule has 47 heavy (non-hydrogen) atoms. The number of carbonyl (C=O) groups is 2. The number of anilines is 2. The monoisotopic (exact) mass is 646 g/mol. The Bertz CT molecular complexity index is 2190. The van der Waals surface area contributed by atoms with Gasteiger partial charge in [0.2, 0.25) is 0 Å². The Labute approximate surface area is 287 Å². The lowest BCUT2D eigenvalue weighted by Crippen LogP contribution is -2.37. The van der Waals surface area contributed by atoms with Crippen LogP contribution < -0.4 is 5.32 Å². The van der Waals surface area contributed by atoms with Crippen molar-refractivity contribution in [2.24, 2.45) is 6.98 Å². The lowest BCUT2D eigenvalue weighted by atomic mass is 9.90. The smallest absolute Gasteiger partial charge is 0.417 e. The quantitative estimate of drug-likeness (QED) is 0.265. The fraction of sp³-hybridized carbons (Fsp3) is 0.472. The number of pyridine rings is 3. The summed E-state index contributed by atoms with van der Waals surface area (Å²) >= 11 is 0. The van der Waals surface area contributed by atoms with Gasteiger partial charge in [0.1, 0.15) is 17.1 Å². The molecule has 4 aromatic heterocycles. The van der Waals surface area contributed by atoms with Crippen LogP contribution in [0.3, 0.4) is 0 Å². The molecule has 0 bridgehead atoms. The molecule has 0 radical (unpaired) electrons. The first-order valence-corrected chi connectivity index (χ1v) is 15.8. The SMILES string of the molecule is [2H]C([2H])([2H])N(Cc1nc(Nc2cnc(-c3ccnc4c3c3c(n4C([2H])([2H])[2H])CCC3)c3c2C(=O)N(C(=O)OC(C)(C)C)C3)ccc1C1CCOCC1)C([2H])([2H])[2H]. The minimum absolute atomic E-state index is 0.0525. The van der Waals surface area contributed by atoms with Crippen molar-refractivity contribution in [3.63, 3.8) is 0 Å². The molecule has 4 aromatic rings. The summed E-state index contributed by atoms with van der Waals surface area (Å²) in [5.41, 5.74) is 3.47. The molecule has 0 atom stereocenters. The van der Waals surface area contributed by atoms with Crippen molar-refractivity contribution < 1.29 is 31.4 Å². The number of fused-ring (bicyclic) bond motifs is 4. The Morgan fingerprint density at radius 3 is 2.74 bits per heavy atom. The van der Waals surface area contributed by atoms with Crippen molar-refractivity contribution in [2.75, 3.05) is 32.5 Å². The molecule has 11 heteroatoms. The zero-order chi connectivity index (χ0) is 40.5. The highest BCUT2D eigenvalue weighted by Crippen LogP contribution is 2.42. The molecule has 1 saturated heterocycles. The van der Waals surface area contributed by atoms with E-state index in [4.69, 9.17) is 31.8 Å². The Morgan fingerprint density at radius 1 is 1.15 bits per heavy atom. The van der Waals surface area contributed by atoms with Crippen molar-refractivity contribution in [3.8, 4) is 11.3 Å².